The first-order chi connectivity index (χ1) is 13.9. The molecule has 1 unspecified atom stereocenters. The number of hydrogen-bond acceptors (Lipinski definition) is 4. The summed E-state index contributed by atoms with van der Waals surface area (Å²) < 4.78 is 33.3. The molecule has 1 heterocycles. The van der Waals surface area contributed by atoms with E-state index in [2.05, 4.69) is 0 Å². The van der Waals surface area contributed by atoms with E-state index in [0.29, 0.717) is 18.0 Å². The highest BCUT2D eigenvalue weighted by Gasteiger charge is 2.29. The summed E-state index contributed by atoms with van der Waals surface area (Å²) in [6, 6.07) is 13.7. The van der Waals surface area contributed by atoms with Gasteiger partial charge >= 0.3 is 0 Å². The van der Waals surface area contributed by atoms with Gasteiger partial charge in [-0.25, -0.2) is 8.42 Å². The van der Waals surface area contributed by atoms with Crippen LogP contribution in [0, 0.1) is 6.92 Å². The lowest BCUT2D eigenvalue weighted by Gasteiger charge is -2.30. The third-order valence-electron chi connectivity index (χ3n) is 5.43. The van der Waals surface area contributed by atoms with Gasteiger partial charge in [-0.05, 0) is 62.6 Å². The van der Waals surface area contributed by atoms with Crippen molar-refractivity contribution in [1.29, 1.82) is 0 Å². The number of quaternary nitrogens is 1. The van der Waals surface area contributed by atoms with Gasteiger partial charge in [0.05, 0.1) is 37.3 Å². The van der Waals surface area contributed by atoms with Crippen molar-refractivity contribution in [2.45, 2.75) is 37.2 Å². The van der Waals surface area contributed by atoms with Crippen molar-refractivity contribution in [2.24, 2.45) is 0 Å². The van der Waals surface area contributed by atoms with Gasteiger partial charge in [0, 0.05) is 0 Å². The van der Waals surface area contributed by atoms with Crippen LogP contribution in [-0.4, -0.2) is 52.9 Å². The van der Waals surface area contributed by atoms with Gasteiger partial charge in [0.15, 0.2) is 0 Å². The predicted molar refractivity (Wildman–Crippen MR) is 114 cm³/mol. The van der Waals surface area contributed by atoms with Crippen molar-refractivity contribution in [2.75, 3.05) is 37.6 Å². The van der Waals surface area contributed by atoms with Crippen LogP contribution in [0.5, 0.6) is 5.75 Å². The number of likely N-dealkylation sites (tertiary alicyclic amines) is 1. The Bertz CT molecular complexity index is 876. The molecular weight excluding hydrogens is 388 g/mol. The quantitative estimate of drug-likeness (QED) is 0.682. The first-order valence-corrected chi connectivity index (χ1v) is 11.6. The Balaban J connectivity index is 1.86. The number of aliphatic hydroxyl groups is 1. The molecule has 7 heteroatoms. The SMILES string of the molecule is COc1ccc(N(CC(O)C[NH+]2CCCCC2)S(=O)(=O)c2ccc(C)cc2)cc1. The van der Waals surface area contributed by atoms with Crippen LogP contribution in [0.3, 0.4) is 0 Å². The van der Waals surface area contributed by atoms with E-state index in [1.165, 1.54) is 15.6 Å². The normalized spacial score (nSPS) is 16.4. The lowest BCUT2D eigenvalue weighted by atomic mass is 10.1. The summed E-state index contributed by atoms with van der Waals surface area (Å²) in [7, 11) is -2.23. The van der Waals surface area contributed by atoms with Crippen LogP contribution in [0.25, 0.3) is 0 Å². The monoisotopic (exact) mass is 419 g/mol. The first-order valence-electron chi connectivity index (χ1n) is 10.2. The van der Waals surface area contributed by atoms with Crippen molar-refractivity contribution >= 4 is 15.7 Å². The molecule has 0 saturated carbocycles. The second-order valence-corrected chi connectivity index (χ2v) is 9.58. The van der Waals surface area contributed by atoms with E-state index < -0.39 is 16.1 Å². The average molecular weight is 420 g/mol. The number of hydrogen-bond donors (Lipinski definition) is 2. The van der Waals surface area contributed by atoms with Crippen LogP contribution in [0.4, 0.5) is 5.69 Å². The molecule has 2 aromatic carbocycles. The number of sulfonamides is 1. The number of methoxy groups -OCH3 is 1. The number of piperidine rings is 1. The molecule has 1 aliphatic rings. The maximum atomic E-state index is 13.4. The Kier molecular flexibility index (Phi) is 7.16. The summed E-state index contributed by atoms with van der Waals surface area (Å²) in [5.74, 6) is 0.653. The molecule has 29 heavy (non-hydrogen) atoms. The van der Waals surface area contributed by atoms with Gasteiger partial charge in [0.2, 0.25) is 0 Å². The number of aliphatic hydroxyl groups excluding tert-OH is 1. The second kappa shape index (κ2) is 9.61. The van der Waals surface area contributed by atoms with Crippen LogP contribution in [0.2, 0.25) is 0 Å². The number of nitrogens with zero attached hydrogens (tertiary/aromatic N) is 1. The minimum absolute atomic E-state index is 0.0199. The largest absolute Gasteiger partial charge is 0.497 e. The first kappa shape index (κ1) is 21.6. The van der Waals surface area contributed by atoms with Crippen molar-refractivity contribution < 1.29 is 23.2 Å². The predicted octanol–water partition coefficient (Wildman–Crippen LogP) is 1.63. The highest BCUT2D eigenvalue weighted by Crippen LogP contribution is 2.26. The van der Waals surface area contributed by atoms with Crippen molar-refractivity contribution in [3.05, 3.63) is 54.1 Å². The summed E-state index contributed by atoms with van der Waals surface area (Å²) >= 11 is 0. The third kappa shape index (κ3) is 5.50. The fraction of sp³-hybridized carbons (Fsp3) is 0.455. The van der Waals surface area contributed by atoms with Gasteiger partial charge in [0.25, 0.3) is 10.0 Å². The van der Waals surface area contributed by atoms with Gasteiger partial charge in [-0.15, -0.1) is 0 Å². The van der Waals surface area contributed by atoms with Crippen molar-refractivity contribution in [3.8, 4) is 5.75 Å². The van der Waals surface area contributed by atoms with Crippen LogP contribution < -0.4 is 13.9 Å². The molecule has 1 saturated heterocycles. The van der Waals surface area contributed by atoms with Gasteiger partial charge in [-0.2, -0.15) is 0 Å². The smallest absolute Gasteiger partial charge is 0.264 e. The zero-order valence-corrected chi connectivity index (χ0v) is 18.0. The number of ether oxygens (including phenoxy) is 1. The molecule has 0 aliphatic carbocycles. The van der Waals surface area contributed by atoms with Crippen LogP contribution in [0.1, 0.15) is 24.8 Å². The van der Waals surface area contributed by atoms with Gasteiger partial charge in [0.1, 0.15) is 18.4 Å². The Morgan fingerprint density at radius 1 is 1.03 bits per heavy atom. The molecule has 3 rings (SSSR count). The summed E-state index contributed by atoms with van der Waals surface area (Å²) in [5.41, 5.74) is 1.51. The van der Waals surface area contributed by atoms with E-state index in [0.717, 1.165) is 31.5 Å². The highest BCUT2D eigenvalue weighted by molar-refractivity contribution is 7.92. The van der Waals surface area contributed by atoms with Gasteiger partial charge in [-0.1, -0.05) is 17.7 Å². The Morgan fingerprint density at radius 2 is 1.66 bits per heavy atom. The molecule has 6 nitrogen and oxygen atoms in total. The summed E-state index contributed by atoms with van der Waals surface area (Å²) in [5, 5.41) is 10.7. The molecule has 1 fully saturated rings. The molecule has 0 bridgehead atoms. The van der Waals surface area contributed by atoms with Crippen molar-refractivity contribution in [3.63, 3.8) is 0 Å². The summed E-state index contributed by atoms with van der Waals surface area (Å²) in [6.07, 6.45) is 2.81. The molecule has 0 amide bonds. The average Bonchev–Trinajstić information content (AvgIpc) is 2.73. The topological polar surface area (TPSA) is 71.3 Å². The molecule has 0 radical (unpaired) electrons. The number of nitrogens with one attached hydrogen (secondary N) is 1. The Morgan fingerprint density at radius 3 is 2.24 bits per heavy atom. The Labute approximate surface area is 173 Å². The Hall–Kier alpha value is -2.09. The minimum Gasteiger partial charge on any atom is -0.497 e. The van der Waals surface area contributed by atoms with E-state index >= 15 is 0 Å². The fourth-order valence-electron chi connectivity index (χ4n) is 3.77. The number of anilines is 1. The van der Waals surface area contributed by atoms with Gasteiger partial charge in [-0.3, -0.25) is 4.31 Å². The summed E-state index contributed by atoms with van der Waals surface area (Å²) in [4.78, 5) is 1.56. The van der Waals surface area contributed by atoms with Gasteiger partial charge < -0.3 is 14.7 Å². The number of benzene rings is 2. The molecule has 1 atom stereocenters. The summed E-state index contributed by atoms with van der Waals surface area (Å²) in [6.45, 7) is 4.56. The van der Waals surface area contributed by atoms with Crippen molar-refractivity contribution in [1.82, 2.24) is 0 Å². The lowest BCUT2D eigenvalue weighted by molar-refractivity contribution is -0.907. The number of aryl methyl sites for hydroxylation is 1. The standard InChI is InChI=1S/C22H30N2O4S/c1-18-6-12-22(13-7-18)29(26,27)24(19-8-10-21(28-2)11-9-19)17-20(25)16-23-14-4-3-5-15-23/h6-13,20,25H,3-5,14-17H2,1-2H3/p+1. The van der Waals surface area contributed by atoms with E-state index in [-0.39, 0.29) is 11.4 Å². The highest BCUT2D eigenvalue weighted by atomic mass is 32.2. The second-order valence-electron chi connectivity index (χ2n) is 7.72. The maximum absolute atomic E-state index is 13.4. The van der Waals surface area contributed by atoms with E-state index in [9.17, 15) is 13.5 Å². The van der Waals surface area contributed by atoms with Crippen LogP contribution >= 0.6 is 0 Å². The van der Waals surface area contributed by atoms with Crippen LogP contribution in [-0.2, 0) is 10.0 Å². The molecule has 0 spiro atoms. The zero-order valence-electron chi connectivity index (χ0n) is 17.2. The molecule has 0 aromatic heterocycles. The third-order valence-corrected chi connectivity index (χ3v) is 7.24. The van der Waals surface area contributed by atoms with E-state index in [1.54, 1.807) is 55.6 Å². The van der Waals surface area contributed by atoms with E-state index in [1.807, 2.05) is 6.92 Å². The molecule has 1 aliphatic heterocycles. The maximum Gasteiger partial charge on any atom is 0.264 e. The molecular formula is C22H31N2O4S+. The van der Waals surface area contributed by atoms with Crippen LogP contribution in [0.15, 0.2) is 53.4 Å². The molecule has 2 aromatic rings. The minimum atomic E-state index is -3.80. The van der Waals surface area contributed by atoms with E-state index in [4.69, 9.17) is 4.74 Å². The molecule has 158 valence electrons. The number of rotatable bonds is 8. The fourth-order valence-corrected chi connectivity index (χ4v) is 5.28. The molecule has 2 N–H and O–H groups in total. The lowest BCUT2D eigenvalue weighted by Crippen LogP contribution is -3.14. The zero-order chi connectivity index (χ0) is 20.9.